The van der Waals surface area contributed by atoms with Crippen LogP contribution < -0.4 is 5.32 Å². The molecule has 0 bridgehead atoms. The molecule has 0 spiro atoms. The highest BCUT2D eigenvalue weighted by Gasteiger charge is 2.45. The SMILES string of the molecule is Cc1ccc(CNC(=O)C2(c3cccc(F)c3)CCC2)cc1F. The lowest BCUT2D eigenvalue weighted by Crippen LogP contribution is -2.49. The highest BCUT2D eigenvalue weighted by molar-refractivity contribution is 5.89. The van der Waals surface area contributed by atoms with E-state index in [-0.39, 0.29) is 24.1 Å². The number of aryl methyl sites for hydroxylation is 1. The van der Waals surface area contributed by atoms with Crippen molar-refractivity contribution in [1.82, 2.24) is 5.32 Å². The van der Waals surface area contributed by atoms with Gasteiger partial charge in [0, 0.05) is 6.54 Å². The van der Waals surface area contributed by atoms with Crippen molar-refractivity contribution in [3.63, 3.8) is 0 Å². The summed E-state index contributed by atoms with van der Waals surface area (Å²) in [5.74, 6) is -0.724. The van der Waals surface area contributed by atoms with Gasteiger partial charge < -0.3 is 5.32 Å². The zero-order valence-corrected chi connectivity index (χ0v) is 13.0. The zero-order valence-electron chi connectivity index (χ0n) is 13.0. The van der Waals surface area contributed by atoms with Crippen LogP contribution in [0.25, 0.3) is 0 Å². The summed E-state index contributed by atoms with van der Waals surface area (Å²) < 4.78 is 27.1. The Morgan fingerprint density at radius 2 is 1.96 bits per heavy atom. The smallest absolute Gasteiger partial charge is 0.230 e. The summed E-state index contributed by atoms with van der Waals surface area (Å²) >= 11 is 0. The molecular formula is C19H19F2NO. The van der Waals surface area contributed by atoms with Gasteiger partial charge in [-0.1, -0.05) is 30.7 Å². The highest BCUT2D eigenvalue weighted by Crippen LogP contribution is 2.44. The lowest BCUT2D eigenvalue weighted by Gasteiger charge is -2.40. The van der Waals surface area contributed by atoms with E-state index in [1.54, 1.807) is 31.2 Å². The second-order valence-corrected chi connectivity index (χ2v) is 6.21. The first-order valence-electron chi connectivity index (χ1n) is 7.81. The van der Waals surface area contributed by atoms with Crippen LogP contribution in [0.5, 0.6) is 0 Å². The Bertz CT molecular complexity index is 738. The Morgan fingerprint density at radius 3 is 2.57 bits per heavy atom. The zero-order chi connectivity index (χ0) is 16.4. The molecule has 4 heteroatoms. The topological polar surface area (TPSA) is 29.1 Å². The maximum Gasteiger partial charge on any atom is 0.230 e. The fourth-order valence-electron chi connectivity index (χ4n) is 3.06. The summed E-state index contributed by atoms with van der Waals surface area (Å²) in [5, 5.41) is 2.88. The molecule has 0 aliphatic heterocycles. The molecule has 3 rings (SSSR count). The third kappa shape index (κ3) is 2.98. The second-order valence-electron chi connectivity index (χ2n) is 6.21. The monoisotopic (exact) mass is 315 g/mol. The van der Waals surface area contributed by atoms with Crippen LogP contribution in [-0.2, 0) is 16.8 Å². The third-order valence-corrected chi connectivity index (χ3v) is 4.71. The summed E-state index contributed by atoms with van der Waals surface area (Å²) in [7, 11) is 0. The number of carbonyl (C=O) groups is 1. The van der Waals surface area contributed by atoms with Crippen molar-refractivity contribution in [1.29, 1.82) is 0 Å². The molecular weight excluding hydrogens is 296 g/mol. The van der Waals surface area contributed by atoms with Crippen molar-refractivity contribution >= 4 is 5.91 Å². The first-order chi connectivity index (χ1) is 11.0. The normalized spacial score (nSPS) is 15.8. The molecule has 0 saturated heterocycles. The van der Waals surface area contributed by atoms with Crippen molar-refractivity contribution in [3.8, 4) is 0 Å². The van der Waals surface area contributed by atoms with Crippen LogP contribution in [0, 0.1) is 18.6 Å². The minimum Gasteiger partial charge on any atom is -0.351 e. The van der Waals surface area contributed by atoms with Gasteiger partial charge in [-0.15, -0.1) is 0 Å². The minimum atomic E-state index is -0.647. The Hall–Kier alpha value is -2.23. The number of nitrogens with one attached hydrogen (secondary N) is 1. The standard InChI is InChI=1S/C19H19F2NO/c1-13-6-7-14(10-17(13)21)12-22-18(23)19(8-3-9-19)15-4-2-5-16(20)11-15/h2,4-7,10-11H,3,8-9,12H2,1H3,(H,22,23). The molecule has 2 nitrogen and oxygen atoms in total. The van der Waals surface area contributed by atoms with Crippen molar-refractivity contribution < 1.29 is 13.6 Å². The van der Waals surface area contributed by atoms with Crippen LogP contribution in [-0.4, -0.2) is 5.91 Å². The van der Waals surface area contributed by atoms with Gasteiger partial charge >= 0.3 is 0 Å². The average molecular weight is 315 g/mol. The number of halogens is 2. The van der Waals surface area contributed by atoms with E-state index < -0.39 is 5.41 Å². The molecule has 1 aliphatic rings. The van der Waals surface area contributed by atoms with Gasteiger partial charge in [-0.3, -0.25) is 4.79 Å². The first kappa shape index (κ1) is 15.7. The molecule has 120 valence electrons. The molecule has 0 aromatic heterocycles. The summed E-state index contributed by atoms with van der Waals surface area (Å²) in [6.07, 6.45) is 2.37. The number of hydrogen-bond acceptors (Lipinski definition) is 1. The van der Waals surface area contributed by atoms with E-state index in [1.165, 1.54) is 18.2 Å². The van der Waals surface area contributed by atoms with Gasteiger partial charge in [-0.25, -0.2) is 8.78 Å². The number of hydrogen-bond donors (Lipinski definition) is 1. The summed E-state index contributed by atoms with van der Waals surface area (Å²) in [5.41, 5.74) is 1.37. The fourth-order valence-corrected chi connectivity index (χ4v) is 3.06. The maximum absolute atomic E-state index is 13.6. The van der Waals surface area contributed by atoms with Crippen LogP contribution in [0.4, 0.5) is 8.78 Å². The predicted octanol–water partition coefficient (Wildman–Crippen LogP) is 4.01. The van der Waals surface area contributed by atoms with Crippen molar-refractivity contribution in [2.75, 3.05) is 0 Å². The Labute approximate surface area is 134 Å². The number of benzene rings is 2. The van der Waals surface area contributed by atoms with Gasteiger partial charge in [-0.2, -0.15) is 0 Å². The molecule has 2 aromatic rings. The molecule has 1 aliphatic carbocycles. The maximum atomic E-state index is 13.6. The minimum absolute atomic E-state index is 0.115. The van der Waals surface area contributed by atoms with E-state index in [0.717, 1.165) is 17.5 Å². The first-order valence-corrected chi connectivity index (χ1v) is 7.81. The van der Waals surface area contributed by atoms with Crippen LogP contribution in [0.1, 0.15) is 36.0 Å². The van der Waals surface area contributed by atoms with Crippen LogP contribution in [0.3, 0.4) is 0 Å². The van der Waals surface area contributed by atoms with E-state index in [9.17, 15) is 13.6 Å². The van der Waals surface area contributed by atoms with E-state index in [2.05, 4.69) is 5.32 Å². The lowest BCUT2D eigenvalue weighted by atomic mass is 9.64. The van der Waals surface area contributed by atoms with E-state index in [0.29, 0.717) is 18.4 Å². The summed E-state index contributed by atoms with van der Waals surface area (Å²) in [6.45, 7) is 1.97. The fraction of sp³-hybridized carbons (Fsp3) is 0.316. The van der Waals surface area contributed by atoms with E-state index in [1.807, 2.05) is 0 Å². The van der Waals surface area contributed by atoms with Crippen molar-refractivity contribution in [2.45, 2.75) is 38.1 Å². The van der Waals surface area contributed by atoms with Gasteiger partial charge in [0.05, 0.1) is 5.41 Å². The molecule has 1 N–H and O–H groups in total. The molecule has 1 saturated carbocycles. The number of rotatable bonds is 4. The quantitative estimate of drug-likeness (QED) is 0.907. The van der Waals surface area contributed by atoms with Crippen LogP contribution in [0.15, 0.2) is 42.5 Å². The highest BCUT2D eigenvalue weighted by atomic mass is 19.1. The predicted molar refractivity (Wildman–Crippen MR) is 84.9 cm³/mol. The molecule has 2 aromatic carbocycles. The molecule has 0 heterocycles. The Kier molecular flexibility index (Phi) is 4.16. The van der Waals surface area contributed by atoms with E-state index >= 15 is 0 Å². The van der Waals surface area contributed by atoms with Gasteiger partial charge in [0.15, 0.2) is 0 Å². The van der Waals surface area contributed by atoms with Crippen molar-refractivity contribution in [3.05, 3.63) is 70.8 Å². The summed E-state index contributed by atoms with van der Waals surface area (Å²) in [4.78, 5) is 12.7. The molecule has 1 fully saturated rings. The average Bonchev–Trinajstić information content (AvgIpc) is 2.47. The second kappa shape index (κ2) is 6.11. The molecule has 0 unspecified atom stereocenters. The molecule has 23 heavy (non-hydrogen) atoms. The number of amides is 1. The van der Waals surface area contributed by atoms with Gasteiger partial charge in [0.25, 0.3) is 0 Å². The Morgan fingerprint density at radius 1 is 1.17 bits per heavy atom. The molecule has 1 amide bonds. The van der Waals surface area contributed by atoms with Gasteiger partial charge in [0.2, 0.25) is 5.91 Å². The van der Waals surface area contributed by atoms with Crippen molar-refractivity contribution in [2.24, 2.45) is 0 Å². The van der Waals surface area contributed by atoms with Gasteiger partial charge in [0.1, 0.15) is 11.6 Å². The van der Waals surface area contributed by atoms with E-state index in [4.69, 9.17) is 0 Å². The lowest BCUT2D eigenvalue weighted by molar-refractivity contribution is -0.130. The largest absolute Gasteiger partial charge is 0.351 e. The summed E-state index contributed by atoms with van der Waals surface area (Å²) in [6, 6.07) is 11.2. The molecule has 0 radical (unpaired) electrons. The van der Waals surface area contributed by atoms with Crippen LogP contribution >= 0.6 is 0 Å². The Balaban J connectivity index is 1.74. The van der Waals surface area contributed by atoms with Gasteiger partial charge in [-0.05, 0) is 54.7 Å². The third-order valence-electron chi connectivity index (χ3n) is 4.71. The van der Waals surface area contributed by atoms with Crippen LogP contribution in [0.2, 0.25) is 0 Å². The molecule has 0 atom stereocenters. The number of carbonyl (C=O) groups excluding carboxylic acids is 1.